The highest BCUT2D eigenvalue weighted by molar-refractivity contribution is 7.87. The molecule has 3 fully saturated rings. The van der Waals surface area contributed by atoms with Crippen LogP contribution in [-0.2, 0) is 14.9 Å². The Hall–Kier alpha value is -1.29. The predicted octanol–water partition coefficient (Wildman–Crippen LogP) is 1.66. The Morgan fingerprint density at radius 3 is 2.54 bits per heavy atom. The molecule has 1 N–H and O–H groups in total. The highest BCUT2D eigenvalue weighted by Gasteiger charge is 2.31. The van der Waals surface area contributed by atoms with Gasteiger partial charge in [-0.2, -0.15) is 17.4 Å². The van der Waals surface area contributed by atoms with E-state index in [1.54, 1.807) is 4.31 Å². The van der Waals surface area contributed by atoms with E-state index in [1.807, 2.05) is 12.3 Å². The van der Waals surface area contributed by atoms with Crippen LogP contribution in [0.4, 0.5) is 5.95 Å². The molecular formula is C19H31N5O3S. The molecule has 0 saturated carbocycles. The van der Waals surface area contributed by atoms with Gasteiger partial charge in [-0.25, -0.2) is 9.97 Å². The molecular weight excluding hydrogens is 378 g/mol. The average Bonchev–Trinajstić information content (AvgIpc) is 2.99. The fraction of sp³-hybridized carbons (Fsp3) is 0.789. The maximum absolute atomic E-state index is 12.8. The van der Waals surface area contributed by atoms with Crippen molar-refractivity contribution in [3.63, 3.8) is 0 Å². The first-order valence-electron chi connectivity index (χ1n) is 10.5. The zero-order valence-corrected chi connectivity index (χ0v) is 17.2. The molecule has 0 radical (unpaired) electrons. The largest absolute Gasteiger partial charge is 0.381 e. The lowest BCUT2D eigenvalue weighted by molar-refractivity contribution is 0.0845. The van der Waals surface area contributed by atoms with Gasteiger partial charge in [-0.15, -0.1) is 0 Å². The van der Waals surface area contributed by atoms with Crippen LogP contribution >= 0.6 is 0 Å². The Morgan fingerprint density at radius 2 is 1.79 bits per heavy atom. The molecule has 9 heteroatoms. The summed E-state index contributed by atoms with van der Waals surface area (Å²) in [6, 6.07) is 1.90. The van der Waals surface area contributed by atoms with Crippen molar-refractivity contribution >= 4 is 16.2 Å². The number of hydrogen-bond acceptors (Lipinski definition) is 6. The molecule has 0 amide bonds. The molecule has 1 unspecified atom stereocenters. The number of nitrogens with zero attached hydrogens (tertiary/aromatic N) is 4. The minimum Gasteiger partial charge on any atom is -0.381 e. The summed E-state index contributed by atoms with van der Waals surface area (Å²) in [6.07, 6.45) is 8.71. The summed E-state index contributed by atoms with van der Waals surface area (Å²) >= 11 is 0. The Morgan fingerprint density at radius 1 is 1.04 bits per heavy atom. The summed E-state index contributed by atoms with van der Waals surface area (Å²) < 4.78 is 35.5. The van der Waals surface area contributed by atoms with E-state index in [1.165, 1.54) is 0 Å². The van der Waals surface area contributed by atoms with E-state index >= 15 is 0 Å². The molecule has 1 atom stereocenters. The van der Waals surface area contributed by atoms with E-state index in [-0.39, 0.29) is 6.04 Å². The van der Waals surface area contributed by atoms with Crippen molar-refractivity contribution in [2.24, 2.45) is 0 Å². The molecule has 0 bridgehead atoms. The third kappa shape index (κ3) is 4.82. The molecule has 3 aliphatic heterocycles. The zero-order valence-electron chi connectivity index (χ0n) is 16.4. The number of nitrogens with one attached hydrogen (secondary N) is 1. The molecule has 156 valence electrons. The first-order valence-corrected chi connectivity index (χ1v) is 12.0. The van der Waals surface area contributed by atoms with Crippen LogP contribution in [0.2, 0.25) is 0 Å². The van der Waals surface area contributed by atoms with Crippen molar-refractivity contribution in [3.05, 3.63) is 18.0 Å². The van der Waals surface area contributed by atoms with Gasteiger partial charge in [0.05, 0.1) is 0 Å². The topological polar surface area (TPSA) is 87.7 Å². The molecule has 0 spiro atoms. The molecule has 0 aliphatic carbocycles. The number of anilines is 1. The second kappa shape index (κ2) is 9.02. The van der Waals surface area contributed by atoms with Gasteiger partial charge in [0, 0.05) is 63.2 Å². The fourth-order valence-corrected chi connectivity index (χ4v) is 5.84. The lowest BCUT2D eigenvalue weighted by atomic mass is 9.96. The third-order valence-electron chi connectivity index (χ3n) is 6.00. The average molecular weight is 410 g/mol. The summed E-state index contributed by atoms with van der Waals surface area (Å²) in [5.74, 6) is 1.14. The second-order valence-electron chi connectivity index (χ2n) is 8.04. The molecule has 28 heavy (non-hydrogen) atoms. The summed E-state index contributed by atoms with van der Waals surface area (Å²) in [4.78, 5) is 11.3. The smallest absolute Gasteiger partial charge is 0.279 e. The van der Waals surface area contributed by atoms with Crippen LogP contribution in [0.25, 0.3) is 0 Å². The minimum atomic E-state index is -3.42. The predicted molar refractivity (Wildman–Crippen MR) is 108 cm³/mol. The van der Waals surface area contributed by atoms with Crippen molar-refractivity contribution in [2.75, 3.05) is 44.3 Å². The van der Waals surface area contributed by atoms with Crippen LogP contribution in [-0.4, -0.2) is 68.1 Å². The lowest BCUT2D eigenvalue weighted by Crippen LogP contribution is -2.46. The number of hydrogen-bond donors (Lipinski definition) is 1. The van der Waals surface area contributed by atoms with Gasteiger partial charge in [0.1, 0.15) is 0 Å². The van der Waals surface area contributed by atoms with Gasteiger partial charge in [0.15, 0.2) is 0 Å². The molecule has 4 heterocycles. The highest BCUT2D eigenvalue weighted by atomic mass is 32.2. The van der Waals surface area contributed by atoms with E-state index in [2.05, 4.69) is 14.6 Å². The van der Waals surface area contributed by atoms with Crippen molar-refractivity contribution in [1.29, 1.82) is 0 Å². The molecule has 8 nitrogen and oxygen atoms in total. The SMILES string of the molecule is O=S(=O)(NC1CCN(c2nccc(C3CCOCC3)n2)C1)N1CCCCCC1. The van der Waals surface area contributed by atoms with Crippen LogP contribution in [0, 0.1) is 0 Å². The molecule has 3 aliphatic rings. The minimum absolute atomic E-state index is 0.0939. The van der Waals surface area contributed by atoms with Crippen molar-refractivity contribution in [1.82, 2.24) is 19.0 Å². The standard InChI is InChI=1S/C19H31N5O3S/c25-28(26,24-10-3-1-2-4-11-24)22-17-6-12-23(15-17)19-20-9-5-18(21-19)16-7-13-27-14-8-16/h5,9,16-17,22H,1-4,6-8,10-15H2. The number of aromatic nitrogens is 2. The number of rotatable bonds is 5. The zero-order chi connectivity index (χ0) is 19.4. The molecule has 1 aromatic heterocycles. The summed E-state index contributed by atoms with van der Waals surface area (Å²) in [7, 11) is -3.42. The fourth-order valence-electron chi connectivity index (χ4n) is 4.34. The van der Waals surface area contributed by atoms with Crippen LogP contribution < -0.4 is 9.62 Å². The number of ether oxygens (including phenoxy) is 1. The van der Waals surface area contributed by atoms with Gasteiger partial charge in [-0.05, 0) is 38.2 Å². The Kier molecular flexibility index (Phi) is 6.45. The van der Waals surface area contributed by atoms with Gasteiger partial charge in [0.25, 0.3) is 10.2 Å². The van der Waals surface area contributed by atoms with E-state index in [0.717, 1.165) is 70.4 Å². The summed E-state index contributed by atoms with van der Waals surface area (Å²) in [5, 5.41) is 0. The molecule has 1 aromatic rings. The van der Waals surface area contributed by atoms with Crippen molar-refractivity contribution in [2.45, 2.75) is 56.9 Å². The maximum atomic E-state index is 12.8. The molecule has 4 rings (SSSR count). The summed E-state index contributed by atoms with van der Waals surface area (Å²) in [5.41, 5.74) is 1.07. The first-order chi connectivity index (χ1) is 13.6. The van der Waals surface area contributed by atoms with Crippen LogP contribution in [0.5, 0.6) is 0 Å². The Balaban J connectivity index is 1.37. The highest BCUT2D eigenvalue weighted by Crippen LogP contribution is 2.27. The van der Waals surface area contributed by atoms with E-state index < -0.39 is 10.2 Å². The van der Waals surface area contributed by atoms with Crippen LogP contribution in [0.1, 0.15) is 56.6 Å². The van der Waals surface area contributed by atoms with Crippen LogP contribution in [0.3, 0.4) is 0 Å². The summed E-state index contributed by atoms with van der Waals surface area (Å²) in [6.45, 7) is 4.21. The van der Waals surface area contributed by atoms with Gasteiger partial charge >= 0.3 is 0 Å². The normalized spacial score (nSPS) is 25.7. The Bertz CT molecular complexity index is 746. The van der Waals surface area contributed by atoms with E-state index in [9.17, 15) is 8.42 Å². The second-order valence-corrected chi connectivity index (χ2v) is 9.74. The monoisotopic (exact) mass is 409 g/mol. The maximum Gasteiger partial charge on any atom is 0.279 e. The van der Waals surface area contributed by atoms with Gasteiger partial charge in [-0.1, -0.05) is 12.8 Å². The third-order valence-corrected chi connectivity index (χ3v) is 7.67. The van der Waals surface area contributed by atoms with Crippen LogP contribution in [0.15, 0.2) is 12.3 Å². The van der Waals surface area contributed by atoms with Crippen molar-refractivity contribution < 1.29 is 13.2 Å². The quantitative estimate of drug-likeness (QED) is 0.796. The van der Waals surface area contributed by atoms with E-state index in [0.29, 0.717) is 31.5 Å². The van der Waals surface area contributed by atoms with Crippen molar-refractivity contribution in [3.8, 4) is 0 Å². The van der Waals surface area contributed by atoms with E-state index in [4.69, 9.17) is 9.72 Å². The molecule has 3 saturated heterocycles. The first kappa shape index (κ1) is 20.0. The van der Waals surface area contributed by atoms with Gasteiger partial charge in [-0.3, -0.25) is 0 Å². The lowest BCUT2D eigenvalue weighted by Gasteiger charge is -2.24. The van der Waals surface area contributed by atoms with Gasteiger partial charge in [0.2, 0.25) is 5.95 Å². The molecule has 0 aromatic carbocycles. The Labute approximate surface area is 167 Å². The van der Waals surface area contributed by atoms with Gasteiger partial charge < -0.3 is 9.64 Å².